The van der Waals surface area contributed by atoms with Crippen molar-refractivity contribution in [2.24, 2.45) is 0 Å². The summed E-state index contributed by atoms with van der Waals surface area (Å²) in [5, 5.41) is 0.451. The van der Waals surface area contributed by atoms with Crippen LogP contribution >= 0.6 is 11.6 Å². The maximum atomic E-state index is 12.3. The lowest BCUT2D eigenvalue weighted by Crippen LogP contribution is -2.05. The van der Waals surface area contributed by atoms with Crippen LogP contribution in [-0.4, -0.2) is 0 Å². The molecule has 15 heavy (non-hydrogen) atoms. The Morgan fingerprint density at radius 2 is 2.00 bits per heavy atom. The molecule has 0 N–H and O–H groups in total. The molecule has 1 aromatic rings. The van der Waals surface area contributed by atoms with E-state index in [0.717, 1.165) is 12.1 Å². The minimum Gasteiger partial charge on any atom is -0.166 e. The van der Waals surface area contributed by atoms with E-state index in [-0.39, 0.29) is 0 Å². The van der Waals surface area contributed by atoms with Crippen molar-refractivity contribution >= 4 is 11.6 Å². The first kappa shape index (κ1) is 12.1. The van der Waals surface area contributed by atoms with Gasteiger partial charge in [-0.15, -0.1) is 0 Å². The molecule has 0 fully saturated rings. The van der Waals surface area contributed by atoms with Gasteiger partial charge in [0, 0.05) is 5.03 Å². The van der Waals surface area contributed by atoms with Gasteiger partial charge in [-0.3, -0.25) is 0 Å². The fourth-order valence-corrected chi connectivity index (χ4v) is 1.28. The van der Waals surface area contributed by atoms with E-state index in [2.05, 4.69) is 6.58 Å². The van der Waals surface area contributed by atoms with Crippen molar-refractivity contribution in [3.63, 3.8) is 0 Å². The average molecular weight is 235 g/mol. The van der Waals surface area contributed by atoms with Gasteiger partial charge in [0.1, 0.15) is 0 Å². The summed E-state index contributed by atoms with van der Waals surface area (Å²) in [5.41, 5.74) is -0.00758. The molecule has 1 rings (SSSR count). The zero-order valence-corrected chi connectivity index (χ0v) is 8.70. The molecule has 0 bridgehead atoms. The van der Waals surface area contributed by atoms with Crippen LogP contribution in [0, 0.1) is 0 Å². The van der Waals surface area contributed by atoms with Gasteiger partial charge >= 0.3 is 6.18 Å². The van der Waals surface area contributed by atoms with Gasteiger partial charge < -0.3 is 0 Å². The molecule has 0 radical (unpaired) electrons. The topological polar surface area (TPSA) is 0 Å². The molecule has 0 amide bonds. The number of hydrogen-bond donors (Lipinski definition) is 0. The number of aryl methyl sites for hydroxylation is 1. The van der Waals surface area contributed by atoms with Gasteiger partial charge in [-0.05, 0) is 24.5 Å². The molecule has 0 aliphatic carbocycles. The normalized spacial score (nSPS) is 11.5. The van der Waals surface area contributed by atoms with Crippen LogP contribution in [0.3, 0.4) is 0 Å². The Bertz CT molecular complexity index is 355. The van der Waals surface area contributed by atoms with Crippen molar-refractivity contribution in [2.75, 3.05) is 0 Å². The number of allylic oxidation sites excluding steroid dienone is 1. The molecule has 0 saturated carbocycles. The van der Waals surface area contributed by atoms with Gasteiger partial charge in [-0.25, -0.2) is 0 Å². The maximum absolute atomic E-state index is 12.3. The molecule has 0 unspecified atom stereocenters. The lowest BCUT2D eigenvalue weighted by molar-refractivity contribution is -0.137. The minimum atomic E-state index is -4.28. The number of alkyl halides is 3. The first-order chi connectivity index (χ1) is 6.89. The van der Waals surface area contributed by atoms with Crippen molar-refractivity contribution < 1.29 is 13.2 Å². The summed E-state index contributed by atoms with van der Waals surface area (Å²) in [7, 11) is 0. The Balaban J connectivity index is 2.79. The highest BCUT2D eigenvalue weighted by atomic mass is 35.5. The van der Waals surface area contributed by atoms with Crippen LogP contribution in [-0.2, 0) is 12.6 Å². The second-order valence-electron chi connectivity index (χ2n) is 3.22. The summed E-state index contributed by atoms with van der Waals surface area (Å²) in [6, 6.07) is 5.24. The lowest BCUT2D eigenvalue weighted by atomic mass is 10.1. The van der Waals surface area contributed by atoms with E-state index < -0.39 is 11.7 Å². The summed E-state index contributed by atoms with van der Waals surface area (Å²) in [4.78, 5) is 0. The third-order valence-corrected chi connectivity index (χ3v) is 2.13. The average Bonchev–Trinajstić information content (AvgIpc) is 2.14. The highest BCUT2D eigenvalue weighted by Gasteiger charge is 2.30. The van der Waals surface area contributed by atoms with E-state index in [1.807, 2.05) is 0 Å². The molecule has 0 aliphatic rings. The molecule has 0 aliphatic heterocycles. The summed E-state index contributed by atoms with van der Waals surface area (Å²) < 4.78 is 37.0. The van der Waals surface area contributed by atoms with E-state index in [1.165, 1.54) is 6.07 Å². The Labute approximate surface area is 91.4 Å². The third-order valence-electron chi connectivity index (χ3n) is 1.94. The number of hydrogen-bond acceptors (Lipinski definition) is 0. The molecule has 0 spiro atoms. The van der Waals surface area contributed by atoms with Crippen molar-refractivity contribution in [3.8, 4) is 0 Å². The molecule has 0 heterocycles. The predicted molar refractivity (Wildman–Crippen MR) is 54.8 cm³/mol. The Kier molecular flexibility index (Phi) is 3.80. The first-order valence-corrected chi connectivity index (χ1v) is 4.77. The van der Waals surface area contributed by atoms with Crippen LogP contribution in [0.1, 0.15) is 17.5 Å². The maximum Gasteiger partial charge on any atom is 0.416 e. The van der Waals surface area contributed by atoms with Crippen LogP contribution in [0.2, 0.25) is 0 Å². The van der Waals surface area contributed by atoms with Crippen LogP contribution in [0.5, 0.6) is 0 Å². The van der Waals surface area contributed by atoms with Crippen LogP contribution < -0.4 is 0 Å². The van der Waals surface area contributed by atoms with E-state index in [9.17, 15) is 13.2 Å². The molecule has 1 aromatic carbocycles. The molecule has 82 valence electrons. The molecule has 4 heteroatoms. The molecule has 0 saturated heterocycles. The second-order valence-corrected chi connectivity index (χ2v) is 3.75. The van der Waals surface area contributed by atoms with Crippen molar-refractivity contribution in [1.82, 2.24) is 0 Å². The van der Waals surface area contributed by atoms with Crippen LogP contribution in [0.4, 0.5) is 13.2 Å². The Morgan fingerprint density at radius 3 is 2.53 bits per heavy atom. The van der Waals surface area contributed by atoms with E-state index in [1.54, 1.807) is 6.07 Å². The monoisotopic (exact) mass is 234 g/mol. The lowest BCUT2D eigenvalue weighted by Gasteiger charge is -2.08. The highest BCUT2D eigenvalue weighted by molar-refractivity contribution is 6.29. The molecule has 0 atom stereocenters. The molecular weight excluding hydrogens is 225 g/mol. The van der Waals surface area contributed by atoms with Gasteiger partial charge in [0.05, 0.1) is 5.56 Å². The van der Waals surface area contributed by atoms with Gasteiger partial charge in [0.2, 0.25) is 0 Å². The van der Waals surface area contributed by atoms with Crippen molar-refractivity contribution in [2.45, 2.75) is 19.0 Å². The minimum absolute atomic E-state index is 0.451. The van der Waals surface area contributed by atoms with E-state index in [0.29, 0.717) is 23.4 Å². The summed E-state index contributed by atoms with van der Waals surface area (Å²) >= 11 is 5.54. The zero-order chi connectivity index (χ0) is 11.5. The number of halogens is 4. The van der Waals surface area contributed by atoms with E-state index in [4.69, 9.17) is 11.6 Å². The van der Waals surface area contributed by atoms with Crippen molar-refractivity contribution in [3.05, 3.63) is 47.0 Å². The SMILES string of the molecule is C=C(Cl)CCc1cccc(C(F)(F)F)c1. The summed E-state index contributed by atoms with van der Waals surface area (Å²) in [6.07, 6.45) is -3.32. The fraction of sp³-hybridized carbons (Fsp3) is 0.273. The molecule has 0 nitrogen and oxygen atoms in total. The second kappa shape index (κ2) is 4.71. The van der Waals surface area contributed by atoms with Gasteiger partial charge in [-0.2, -0.15) is 13.2 Å². The van der Waals surface area contributed by atoms with Crippen LogP contribution in [0.15, 0.2) is 35.9 Å². The van der Waals surface area contributed by atoms with E-state index >= 15 is 0 Å². The third kappa shape index (κ3) is 3.96. The van der Waals surface area contributed by atoms with Gasteiger partial charge in [0.25, 0.3) is 0 Å². The van der Waals surface area contributed by atoms with Crippen LogP contribution in [0.25, 0.3) is 0 Å². The smallest absolute Gasteiger partial charge is 0.166 e. The quantitative estimate of drug-likeness (QED) is 0.728. The van der Waals surface area contributed by atoms with Crippen molar-refractivity contribution in [1.29, 1.82) is 0 Å². The van der Waals surface area contributed by atoms with Gasteiger partial charge in [0.15, 0.2) is 0 Å². The largest absolute Gasteiger partial charge is 0.416 e. The standard InChI is InChI=1S/C11H10ClF3/c1-8(12)5-6-9-3-2-4-10(7-9)11(13,14)15/h2-4,7H,1,5-6H2. The number of benzene rings is 1. The molecule has 0 aromatic heterocycles. The Hall–Kier alpha value is -0.960. The number of rotatable bonds is 3. The highest BCUT2D eigenvalue weighted by Crippen LogP contribution is 2.29. The predicted octanol–water partition coefficient (Wildman–Crippen LogP) is 4.39. The fourth-order valence-electron chi connectivity index (χ4n) is 1.18. The Morgan fingerprint density at radius 1 is 1.33 bits per heavy atom. The summed E-state index contributed by atoms with van der Waals surface area (Å²) in [6.45, 7) is 3.48. The zero-order valence-electron chi connectivity index (χ0n) is 7.94. The molecular formula is C11H10ClF3. The summed E-state index contributed by atoms with van der Waals surface area (Å²) in [5.74, 6) is 0. The first-order valence-electron chi connectivity index (χ1n) is 4.39. The van der Waals surface area contributed by atoms with Gasteiger partial charge in [-0.1, -0.05) is 36.4 Å².